The number of alkyl halides is 3. The third kappa shape index (κ3) is 6.21. The van der Waals surface area contributed by atoms with Crippen molar-refractivity contribution in [2.75, 3.05) is 13.2 Å². The third-order valence-electron chi connectivity index (χ3n) is 2.18. The first-order chi connectivity index (χ1) is 6.47. The monoisotopic (exact) mass is 212 g/mol. The molecule has 0 bridgehead atoms. The van der Waals surface area contributed by atoms with Crippen molar-refractivity contribution < 1.29 is 23.0 Å². The summed E-state index contributed by atoms with van der Waals surface area (Å²) in [6.07, 6.45) is -1.22. The van der Waals surface area contributed by atoms with Crippen LogP contribution >= 0.6 is 0 Å². The van der Waals surface area contributed by atoms with E-state index in [-0.39, 0.29) is 6.61 Å². The molecule has 0 aromatic rings. The molecule has 84 valence electrons. The first-order valence-corrected chi connectivity index (χ1v) is 4.80. The molecular formula is C9H15F3O2. The minimum atomic E-state index is -4.30. The van der Waals surface area contributed by atoms with Gasteiger partial charge in [0.2, 0.25) is 0 Å². The summed E-state index contributed by atoms with van der Waals surface area (Å²) in [6.45, 7) is -1.49. The van der Waals surface area contributed by atoms with E-state index in [2.05, 4.69) is 4.74 Å². The Kier molecular flexibility index (Phi) is 4.19. The largest absolute Gasteiger partial charge is 0.411 e. The molecule has 0 radical (unpaired) electrons. The second kappa shape index (κ2) is 4.98. The van der Waals surface area contributed by atoms with Gasteiger partial charge in [-0.15, -0.1) is 0 Å². The van der Waals surface area contributed by atoms with Crippen LogP contribution < -0.4 is 0 Å². The maximum absolute atomic E-state index is 11.6. The summed E-state index contributed by atoms with van der Waals surface area (Å²) < 4.78 is 39.2. The van der Waals surface area contributed by atoms with Gasteiger partial charge in [0.05, 0.1) is 12.7 Å². The second-order valence-corrected chi connectivity index (χ2v) is 3.80. The Balaban J connectivity index is 1.93. The molecule has 2 nitrogen and oxygen atoms in total. The number of aliphatic hydroxyl groups is 1. The molecular weight excluding hydrogens is 197 g/mol. The third-order valence-corrected chi connectivity index (χ3v) is 2.18. The van der Waals surface area contributed by atoms with Crippen LogP contribution in [0, 0.1) is 5.92 Å². The molecule has 1 aliphatic rings. The fourth-order valence-electron chi connectivity index (χ4n) is 1.23. The normalized spacial score (nSPS) is 19.7. The number of ether oxygens (including phenoxy) is 1. The number of rotatable bonds is 6. The van der Waals surface area contributed by atoms with Gasteiger partial charge >= 0.3 is 6.18 Å². The Morgan fingerprint density at radius 3 is 2.50 bits per heavy atom. The lowest BCUT2D eigenvalue weighted by Crippen LogP contribution is -2.22. The molecule has 5 heteroatoms. The number of hydrogen-bond acceptors (Lipinski definition) is 2. The standard InChI is InChI=1S/C9H15F3O2/c10-9(11,12)6-14-5-8(13)4-3-7-1-2-7/h7-8,13H,1-6H2. The molecule has 0 aliphatic heterocycles. The van der Waals surface area contributed by atoms with Gasteiger partial charge in [0.25, 0.3) is 0 Å². The summed E-state index contributed by atoms with van der Waals surface area (Å²) in [5.74, 6) is 0.687. The average molecular weight is 212 g/mol. The number of aliphatic hydroxyl groups excluding tert-OH is 1. The summed E-state index contributed by atoms with van der Waals surface area (Å²) in [4.78, 5) is 0. The van der Waals surface area contributed by atoms with Crippen LogP contribution in [0.1, 0.15) is 25.7 Å². The molecule has 1 atom stereocenters. The van der Waals surface area contributed by atoms with Gasteiger partial charge in [0, 0.05) is 0 Å². The molecule has 1 fully saturated rings. The van der Waals surface area contributed by atoms with E-state index in [4.69, 9.17) is 0 Å². The van der Waals surface area contributed by atoms with Gasteiger partial charge in [0.1, 0.15) is 6.61 Å². The van der Waals surface area contributed by atoms with E-state index in [0.29, 0.717) is 12.3 Å². The highest BCUT2D eigenvalue weighted by molar-refractivity contribution is 4.74. The van der Waals surface area contributed by atoms with E-state index in [1.54, 1.807) is 0 Å². The van der Waals surface area contributed by atoms with E-state index in [1.165, 1.54) is 12.8 Å². The van der Waals surface area contributed by atoms with E-state index < -0.39 is 18.9 Å². The summed E-state index contributed by atoms with van der Waals surface area (Å²) in [6, 6.07) is 0. The van der Waals surface area contributed by atoms with Crippen molar-refractivity contribution in [3.63, 3.8) is 0 Å². The van der Waals surface area contributed by atoms with Crippen LogP contribution in [-0.2, 0) is 4.74 Å². The Labute approximate surface area is 81.1 Å². The molecule has 0 heterocycles. The van der Waals surface area contributed by atoms with Crippen molar-refractivity contribution in [1.82, 2.24) is 0 Å². The zero-order valence-corrected chi connectivity index (χ0v) is 7.89. The highest BCUT2D eigenvalue weighted by Crippen LogP contribution is 2.33. The molecule has 0 spiro atoms. The lowest BCUT2D eigenvalue weighted by atomic mass is 10.1. The van der Waals surface area contributed by atoms with Crippen LogP contribution in [-0.4, -0.2) is 30.6 Å². The predicted molar refractivity (Wildman–Crippen MR) is 44.8 cm³/mol. The molecule has 0 amide bonds. The van der Waals surface area contributed by atoms with Gasteiger partial charge in [0.15, 0.2) is 0 Å². The van der Waals surface area contributed by atoms with E-state index in [1.807, 2.05) is 0 Å². The van der Waals surface area contributed by atoms with Crippen LogP contribution in [0.3, 0.4) is 0 Å². The first-order valence-electron chi connectivity index (χ1n) is 4.80. The highest BCUT2D eigenvalue weighted by Gasteiger charge is 2.28. The van der Waals surface area contributed by atoms with Crippen molar-refractivity contribution in [3.05, 3.63) is 0 Å². The Morgan fingerprint density at radius 2 is 2.00 bits per heavy atom. The maximum Gasteiger partial charge on any atom is 0.411 e. The Morgan fingerprint density at radius 1 is 1.36 bits per heavy atom. The molecule has 0 saturated heterocycles. The van der Waals surface area contributed by atoms with Gasteiger partial charge < -0.3 is 9.84 Å². The SMILES string of the molecule is OC(CCC1CC1)COCC(F)(F)F. The maximum atomic E-state index is 11.6. The van der Waals surface area contributed by atoms with Crippen LogP contribution in [0.25, 0.3) is 0 Å². The fraction of sp³-hybridized carbons (Fsp3) is 1.00. The Hall–Kier alpha value is -0.290. The fourth-order valence-corrected chi connectivity index (χ4v) is 1.23. The van der Waals surface area contributed by atoms with Crippen molar-refractivity contribution in [1.29, 1.82) is 0 Å². The number of halogens is 3. The van der Waals surface area contributed by atoms with Crippen molar-refractivity contribution in [3.8, 4) is 0 Å². The van der Waals surface area contributed by atoms with Crippen LogP contribution in [0.4, 0.5) is 13.2 Å². The average Bonchev–Trinajstić information content (AvgIpc) is 2.81. The minimum absolute atomic E-state index is 0.216. The van der Waals surface area contributed by atoms with Crippen LogP contribution in [0.15, 0.2) is 0 Å². The summed E-state index contributed by atoms with van der Waals surface area (Å²) in [7, 11) is 0. The summed E-state index contributed by atoms with van der Waals surface area (Å²) in [5, 5.41) is 9.23. The lowest BCUT2D eigenvalue weighted by molar-refractivity contribution is -0.179. The van der Waals surface area contributed by atoms with Crippen LogP contribution in [0.2, 0.25) is 0 Å². The molecule has 1 N–H and O–H groups in total. The molecule has 0 aromatic heterocycles. The smallest absolute Gasteiger partial charge is 0.391 e. The summed E-state index contributed by atoms with van der Waals surface area (Å²) >= 11 is 0. The van der Waals surface area contributed by atoms with Crippen molar-refractivity contribution >= 4 is 0 Å². The van der Waals surface area contributed by atoms with Crippen LogP contribution in [0.5, 0.6) is 0 Å². The first kappa shape index (κ1) is 11.8. The van der Waals surface area contributed by atoms with E-state index in [9.17, 15) is 18.3 Å². The lowest BCUT2D eigenvalue weighted by Gasteiger charge is -2.12. The molecule has 0 aromatic carbocycles. The molecule has 1 aliphatic carbocycles. The van der Waals surface area contributed by atoms with E-state index >= 15 is 0 Å². The molecule has 1 rings (SSSR count). The van der Waals surface area contributed by atoms with Gasteiger partial charge in [-0.1, -0.05) is 12.8 Å². The number of hydrogen-bond donors (Lipinski definition) is 1. The predicted octanol–water partition coefficient (Wildman–Crippen LogP) is 2.12. The molecule has 14 heavy (non-hydrogen) atoms. The molecule has 1 unspecified atom stereocenters. The van der Waals surface area contributed by atoms with Crippen molar-refractivity contribution in [2.45, 2.75) is 38.0 Å². The Bertz CT molecular complexity index is 166. The van der Waals surface area contributed by atoms with Gasteiger partial charge in [-0.3, -0.25) is 0 Å². The van der Waals surface area contributed by atoms with E-state index in [0.717, 1.165) is 6.42 Å². The minimum Gasteiger partial charge on any atom is -0.391 e. The van der Waals surface area contributed by atoms with Gasteiger partial charge in [-0.2, -0.15) is 13.2 Å². The molecule has 1 saturated carbocycles. The highest BCUT2D eigenvalue weighted by atomic mass is 19.4. The quantitative estimate of drug-likeness (QED) is 0.730. The van der Waals surface area contributed by atoms with Gasteiger partial charge in [-0.25, -0.2) is 0 Å². The summed E-state index contributed by atoms with van der Waals surface area (Å²) in [5.41, 5.74) is 0. The topological polar surface area (TPSA) is 29.5 Å². The zero-order valence-electron chi connectivity index (χ0n) is 7.89. The second-order valence-electron chi connectivity index (χ2n) is 3.80. The van der Waals surface area contributed by atoms with Crippen molar-refractivity contribution in [2.24, 2.45) is 5.92 Å². The van der Waals surface area contributed by atoms with Gasteiger partial charge in [-0.05, 0) is 18.8 Å². The zero-order chi connectivity index (χ0) is 10.6.